The first-order valence-electron chi connectivity index (χ1n) is 7.82. The van der Waals surface area contributed by atoms with Crippen molar-refractivity contribution in [3.8, 4) is 0 Å². The van der Waals surface area contributed by atoms with Gasteiger partial charge < -0.3 is 0 Å². The molecule has 1 heterocycles. The predicted molar refractivity (Wildman–Crippen MR) is 102 cm³/mol. The van der Waals surface area contributed by atoms with E-state index in [2.05, 4.69) is 9.71 Å². The Morgan fingerprint density at radius 2 is 1.72 bits per heavy atom. The zero-order chi connectivity index (χ0) is 17.7. The molecule has 0 spiro atoms. The highest BCUT2D eigenvalue weighted by atomic mass is 32.2. The molecule has 3 aromatic rings. The van der Waals surface area contributed by atoms with Gasteiger partial charge in [0.2, 0.25) is 0 Å². The Morgan fingerprint density at radius 3 is 2.44 bits per heavy atom. The molecule has 1 aromatic heterocycles. The average molecular weight is 350 g/mol. The highest BCUT2D eigenvalue weighted by Crippen LogP contribution is 2.18. The van der Waals surface area contributed by atoms with Gasteiger partial charge in [0.1, 0.15) is 0 Å². The molecule has 0 bridgehead atoms. The molecule has 0 fully saturated rings. The Morgan fingerprint density at radius 1 is 0.920 bits per heavy atom. The summed E-state index contributed by atoms with van der Waals surface area (Å²) in [5.74, 6) is 0. The molecule has 0 aliphatic heterocycles. The van der Waals surface area contributed by atoms with Crippen molar-refractivity contribution in [2.75, 3.05) is 4.72 Å². The van der Waals surface area contributed by atoms with Crippen LogP contribution < -0.4 is 4.72 Å². The third-order valence-electron chi connectivity index (χ3n) is 3.60. The highest BCUT2D eigenvalue weighted by molar-refractivity contribution is 7.92. The van der Waals surface area contributed by atoms with Gasteiger partial charge in [0.25, 0.3) is 10.0 Å². The largest absolute Gasteiger partial charge is 0.280 e. The number of benzene rings is 2. The molecule has 0 radical (unpaired) electrons. The molecular weight excluding hydrogens is 332 g/mol. The van der Waals surface area contributed by atoms with Crippen LogP contribution in [-0.2, 0) is 10.0 Å². The maximum absolute atomic E-state index is 12.5. The van der Waals surface area contributed by atoms with Crippen molar-refractivity contribution in [1.29, 1.82) is 0 Å². The van der Waals surface area contributed by atoms with Crippen molar-refractivity contribution in [2.45, 2.75) is 11.8 Å². The van der Waals surface area contributed by atoms with E-state index in [9.17, 15) is 8.42 Å². The summed E-state index contributed by atoms with van der Waals surface area (Å²) in [6.45, 7) is 1.92. The van der Waals surface area contributed by atoms with E-state index >= 15 is 0 Å². The summed E-state index contributed by atoms with van der Waals surface area (Å²) in [5, 5.41) is 0. The molecule has 1 N–H and O–H groups in total. The summed E-state index contributed by atoms with van der Waals surface area (Å²) >= 11 is 0. The van der Waals surface area contributed by atoms with Crippen LogP contribution in [0.2, 0.25) is 0 Å². The smallest absolute Gasteiger partial charge is 0.261 e. The number of aryl methyl sites for hydroxylation is 1. The molecule has 0 aliphatic rings. The zero-order valence-electron chi connectivity index (χ0n) is 13.8. The molecule has 2 aromatic carbocycles. The van der Waals surface area contributed by atoms with Gasteiger partial charge in [-0.25, -0.2) is 8.42 Å². The van der Waals surface area contributed by atoms with E-state index in [0.29, 0.717) is 5.69 Å². The fourth-order valence-corrected chi connectivity index (χ4v) is 3.34. The van der Waals surface area contributed by atoms with Gasteiger partial charge in [-0.05, 0) is 55.0 Å². The Bertz CT molecular complexity index is 980. The number of rotatable bonds is 5. The molecule has 0 amide bonds. The van der Waals surface area contributed by atoms with Crippen molar-refractivity contribution in [3.63, 3.8) is 0 Å². The second-order valence-electron chi connectivity index (χ2n) is 5.63. The Hall–Kier alpha value is -2.92. The number of pyridine rings is 1. The first-order chi connectivity index (χ1) is 12.0. The van der Waals surface area contributed by atoms with Gasteiger partial charge in [-0.3, -0.25) is 9.71 Å². The molecule has 4 nitrogen and oxygen atoms in total. The van der Waals surface area contributed by atoms with Gasteiger partial charge in [0, 0.05) is 11.9 Å². The van der Waals surface area contributed by atoms with Gasteiger partial charge in [-0.15, -0.1) is 0 Å². The van der Waals surface area contributed by atoms with Crippen molar-refractivity contribution < 1.29 is 8.42 Å². The molecule has 0 aliphatic carbocycles. The lowest BCUT2D eigenvalue weighted by Crippen LogP contribution is -2.12. The summed E-state index contributed by atoms with van der Waals surface area (Å²) in [4.78, 5) is 4.47. The van der Waals surface area contributed by atoms with E-state index in [0.717, 1.165) is 16.8 Å². The summed E-state index contributed by atoms with van der Waals surface area (Å²) in [6, 6.07) is 19.7. The SMILES string of the molecule is Cc1ccc(S(=O)(=O)Nc2cccc(/C=C/c3ccccn3)c2)cc1. The fraction of sp³-hybridized carbons (Fsp3) is 0.0500. The standard InChI is InChI=1S/C20H18N2O2S/c1-16-8-12-20(13-9-16)25(23,24)22-19-7-4-5-17(15-19)10-11-18-6-2-3-14-21-18/h2-15,22H,1H3/b11-10+. The number of hydrogen-bond donors (Lipinski definition) is 1. The molecule has 0 unspecified atom stereocenters. The van der Waals surface area contributed by atoms with Gasteiger partial charge in [0.15, 0.2) is 0 Å². The van der Waals surface area contributed by atoms with Crippen LogP contribution in [0, 0.1) is 6.92 Å². The van der Waals surface area contributed by atoms with Crippen LogP contribution in [0.3, 0.4) is 0 Å². The van der Waals surface area contributed by atoms with Gasteiger partial charge >= 0.3 is 0 Å². The number of aromatic nitrogens is 1. The Labute approximate surface area is 147 Å². The summed E-state index contributed by atoms with van der Waals surface area (Å²) in [7, 11) is -3.60. The lowest BCUT2D eigenvalue weighted by atomic mass is 10.2. The second-order valence-corrected chi connectivity index (χ2v) is 7.31. The summed E-state index contributed by atoms with van der Waals surface area (Å²) < 4.78 is 27.5. The maximum atomic E-state index is 12.5. The lowest BCUT2D eigenvalue weighted by molar-refractivity contribution is 0.601. The van der Waals surface area contributed by atoms with Crippen molar-refractivity contribution in [2.24, 2.45) is 0 Å². The number of sulfonamides is 1. The molecule has 0 saturated heterocycles. The van der Waals surface area contributed by atoms with E-state index in [1.807, 2.05) is 49.4 Å². The maximum Gasteiger partial charge on any atom is 0.261 e. The van der Waals surface area contributed by atoms with E-state index < -0.39 is 10.0 Å². The first kappa shape index (κ1) is 16.9. The van der Waals surface area contributed by atoms with Crippen molar-refractivity contribution >= 4 is 27.9 Å². The predicted octanol–water partition coefficient (Wildman–Crippen LogP) is 4.36. The monoisotopic (exact) mass is 350 g/mol. The molecule has 5 heteroatoms. The Kier molecular flexibility index (Phi) is 4.95. The number of nitrogens with zero attached hydrogens (tertiary/aromatic N) is 1. The molecule has 0 atom stereocenters. The lowest BCUT2D eigenvalue weighted by Gasteiger charge is -2.09. The molecule has 0 saturated carbocycles. The van der Waals surface area contributed by atoms with Crippen LogP contribution in [0.1, 0.15) is 16.8 Å². The van der Waals surface area contributed by atoms with Crippen LogP contribution in [0.5, 0.6) is 0 Å². The highest BCUT2D eigenvalue weighted by Gasteiger charge is 2.13. The van der Waals surface area contributed by atoms with Crippen LogP contribution in [-0.4, -0.2) is 13.4 Å². The quantitative estimate of drug-likeness (QED) is 0.744. The van der Waals surface area contributed by atoms with Gasteiger partial charge in [-0.2, -0.15) is 0 Å². The normalized spacial score (nSPS) is 11.6. The topological polar surface area (TPSA) is 59.1 Å². The van der Waals surface area contributed by atoms with Crippen LogP contribution in [0.25, 0.3) is 12.2 Å². The minimum Gasteiger partial charge on any atom is -0.280 e. The third kappa shape index (κ3) is 4.55. The minimum absolute atomic E-state index is 0.243. The van der Waals surface area contributed by atoms with Crippen LogP contribution in [0.15, 0.2) is 77.8 Å². The van der Waals surface area contributed by atoms with Gasteiger partial charge in [0.05, 0.1) is 10.6 Å². The van der Waals surface area contributed by atoms with E-state index in [-0.39, 0.29) is 4.90 Å². The zero-order valence-corrected chi connectivity index (χ0v) is 14.6. The first-order valence-corrected chi connectivity index (χ1v) is 9.30. The van der Waals surface area contributed by atoms with Crippen LogP contribution in [0.4, 0.5) is 5.69 Å². The number of hydrogen-bond acceptors (Lipinski definition) is 3. The second kappa shape index (κ2) is 7.32. The molecule has 126 valence electrons. The minimum atomic E-state index is -3.60. The van der Waals surface area contributed by atoms with Crippen molar-refractivity contribution in [3.05, 3.63) is 89.7 Å². The van der Waals surface area contributed by atoms with E-state index in [4.69, 9.17) is 0 Å². The average Bonchev–Trinajstić information content (AvgIpc) is 2.61. The van der Waals surface area contributed by atoms with Crippen molar-refractivity contribution in [1.82, 2.24) is 4.98 Å². The fourth-order valence-electron chi connectivity index (χ4n) is 2.29. The summed E-state index contributed by atoms with van der Waals surface area (Å²) in [6.07, 6.45) is 5.51. The third-order valence-corrected chi connectivity index (χ3v) is 5.00. The Balaban J connectivity index is 1.79. The van der Waals surface area contributed by atoms with Gasteiger partial charge in [-0.1, -0.05) is 42.0 Å². The molecular formula is C20H18N2O2S. The van der Waals surface area contributed by atoms with E-state index in [1.54, 1.807) is 42.6 Å². The summed E-state index contributed by atoms with van der Waals surface area (Å²) in [5.41, 5.74) is 3.26. The van der Waals surface area contributed by atoms with E-state index in [1.165, 1.54) is 0 Å². The van der Waals surface area contributed by atoms with Crippen LogP contribution >= 0.6 is 0 Å². The number of anilines is 1. The number of nitrogens with one attached hydrogen (secondary N) is 1. The molecule has 25 heavy (non-hydrogen) atoms. The molecule has 3 rings (SSSR count).